The summed E-state index contributed by atoms with van der Waals surface area (Å²) in [6, 6.07) is 4.40. The van der Waals surface area contributed by atoms with Crippen molar-refractivity contribution in [2.75, 3.05) is 13.1 Å². The summed E-state index contributed by atoms with van der Waals surface area (Å²) in [7, 11) is 0. The zero-order valence-electron chi connectivity index (χ0n) is 12.2. The lowest BCUT2D eigenvalue weighted by Gasteiger charge is -2.32. The Hall–Kier alpha value is -1.89. The fourth-order valence-electron chi connectivity index (χ4n) is 2.78. The molecule has 3 rings (SSSR count). The van der Waals surface area contributed by atoms with Gasteiger partial charge in [0.1, 0.15) is 0 Å². The van der Waals surface area contributed by atoms with E-state index in [9.17, 15) is 18.0 Å². The third-order valence-electron chi connectivity index (χ3n) is 3.97. The van der Waals surface area contributed by atoms with Crippen molar-refractivity contribution in [1.82, 2.24) is 9.88 Å². The van der Waals surface area contributed by atoms with Gasteiger partial charge in [-0.3, -0.25) is 4.79 Å². The minimum Gasteiger partial charge on any atom is -0.338 e. The predicted molar refractivity (Wildman–Crippen MR) is 81.4 cm³/mol. The van der Waals surface area contributed by atoms with Crippen molar-refractivity contribution in [3.05, 3.63) is 52.0 Å². The van der Waals surface area contributed by atoms with Crippen molar-refractivity contribution in [3.63, 3.8) is 0 Å². The van der Waals surface area contributed by atoms with Gasteiger partial charge in [-0.15, -0.1) is 11.3 Å². The summed E-state index contributed by atoms with van der Waals surface area (Å²) in [5.41, 5.74) is -0.453. The van der Waals surface area contributed by atoms with E-state index in [0.717, 1.165) is 30.0 Å². The van der Waals surface area contributed by atoms with Gasteiger partial charge in [0.05, 0.1) is 10.6 Å². The van der Waals surface area contributed by atoms with Gasteiger partial charge in [-0.05, 0) is 37.1 Å². The number of benzene rings is 1. The van der Waals surface area contributed by atoms with Gasteiger partial charge in [0.2, 0.25) is 0 Å². The number of carbonyl (C=O) groups is 1. The molecule has 3 nitrogen and oxygen atoms in total. The van der Waals surface area contributed by atoms with Gasteiger partial charge in [0.25, 0.3) is 5.91 Å². The molecule has 0 aliphatic carbocycles. The highest BCUT2D eigenvalue weighted by Gasteiger charge is 2.31. The van der Waals surface area contributed by atoms with Crippen molar-refractivity contribution >= 4 is 17.2 Å². The molecule has 0 spiro atoms. The Morgan fingerprint density at radius 2 is 2.00 bits per heavy atom. The molecule has 122 valence electrons. The van der Waals surface area contributed by atoms with E-state index in [1.165, 1.54) is 12.1 Å². The second kappa shape index (κ2) is 6.31. The summed E-state index contributed by atoms with van der Waals surface area (Å²) in [4.78, 5) is 18.5. The molecule has 0 saturated carbocycles. The molecule has 1 saturated heterocycles. The Bertz CT molecular complexity index is 668. The molecular weight excluding hydrogens is 325 g/mol. The second-order valence-corrected chi connectivity index (χ2v) is 6.46. The lowest BCUT2D eigenvalue weighted by molar-refractivity contribution is -0.137. The number of halogens is 3. The van der Waals surface area contributed by atoms with Gasteiger partial charge >= 0.3 is 6.18 Å². The fourth-order valence-corrected chi connectivity index (χ4v) is 3.55. The Morgan fingerprint density at radius 1 is 1.26 bits per heavy atom. The molecule has 23 heavy (non-hydrogen) atoms. The highest BCUT2D eigenvalue weighted by Crippen LogP contribution is 2.31. The first kappa shape index (κ1) is 16.0. The Labute approximate surface area is 135 Å². The van der Waals surface area contributed by atoms with E-state index in [1.54, 1.807) is 22.4 Å². The van der Waals surface area contributed by atoms with Crippen LogP contribution >= 0.6 is 11.3 Å². The van der Waals surface area contributed by atoms with Crippen molar-refractivity contribution in [2.45, 2.75) is 24.9 Å². The molecule has 1 atom stereocenters. The zero-order valence-corrected chi connectivity index (χ0v) is 13.0. The summed E-state index contributed by atoms with van der Waals surface area (Å²) in [5, 5.41) is 2.92. The SMILES string of the molecule is O=C(c1ccc(C(F)(F)F)cc1)N1CCC[C@@H](c2nccs2)C1. The molecule has 0 N–H and O–H groups in total. The summed E-state index contributed by atoms with van der Waals surface area (Å²) < 4.78 is 37.7. The third-order valence-corrected chi connectivity index (χ3v) is 4.91. The number of thiazole rings is 1. The van der Waals surface area contributed by atoms with Crippen LogP contribution in [0.25, 0.3) is 0 Å². The van der Waals surface area contributed by atoms with Gasteiger partial charge in [-0.25, -0.2) is 4.98 Å². The fraction of sp³-hybridized carbons (Fsp3) is 0.375. The Kier molecular flexibility index (Phi) is 4.39. The monoisotopic (exact) mass is 340 g/mol. The first-order valence-corrected chi connectivity index (χ1v) is 8.19. The third kappa shape index (κ3) is 3.55. The average Bonchev–Trinajstić information content (AvgIpc) is 3.08. The molecule has 0 unspecified atom stereocenters. The quantitative estimate of drug-likeness (QED) is 0.822. The highest BCUT2D eigenvalue weighted by atomic mass is 32.1. The largest absolute Gasteiger partial charge is 0.416 e. The maximum Gasteiger partial charge on any atom is 0.416 e. The van der Waals surface area contributed by atoms with Crippen molar-refractivity contribution in [3.8, 4) is 0 Å². The number of aromatic nitrogens is 1. The molecule has 7 heteroatoms. The van der Waals surface area contributed by atoms with Crippen LogP contribution in [0.1, 0.15) is 39.7 Å². The molecule has 1 amide bonds. The van der Waals surface area contributed by atoms with Gasteiger partial charge < -0.3 is 4.90 Å². The molecular formula is C16H15F3N2OS. The normalized spacial score (nSPS) is 18.9. The van der Waals surface area contributed by atoms with E-state index in [1.807, 2.05) is 5.38 Å². The first-order valence-electron chi connectivity index (χ1n) is 7.31. The average molecular weight is 340 g/mol. The first-order chi connectivity index (χ1) is 10.9. The lowest BCUT2D eigenvalue weighted by atomic mass is 9.98. The van der Waals surface area contributed by atoms with Crippen molar-refractivity contribution in [2.24, 2.45) is 0 Å². The molecule has 1 aromatic heterocycles. The minimum atomic E-state index is -4.39. The Morgan fingerprint density at radius 3 is 2.61 bits per heavy atom. The van der Waals surface area contributed by atoms with E-state index in [4.69, 9.17) is 0 Å². The number of hydrogen-bond donors (Lipinski definition) is 0. The van der Waals surface area contributed by atoms with Crippen molar-refractivity contribution in [1.29, 1.82) is 0 Å². The minimum absolute atomic E-state index is 0.210. The number of likely N-dealkylation sites (tertiary alicyclic amines) is 1. The predicted octanol–water partition coefficient (Wildman–Crippen LogP) is 4.18. The van der Waals surface area contributed by atoms with E-state index < -0.39 is 11.7 Å². The van der Waals surface area contributed by atoms with Crippen LogP contribution in [0.4, 0.5) is 13.2 Å². The second-order valence-electron chi connectivity index (χ2n) is 5.54. The maximum absolute atomic E-state index is 12.6. The molecule has 1 aliphatic heterocycles. The van der Waals surface area contributed by atoms with Gasteiger partial charge in [-0.1, -0.05) is 0 Å². The van der Waals surface area contributed by atoms with Crippen LogP contribution in [-0.2, 0) is 6.18 Å². The van der Waals surface area contributed by atoms with E-state index in [2.05, 4.69) is 4.98 Å². The number of hydrogen-bond acceptors (Lipinski definition) is 3. The summed E-state index contributed by atoms with van der Waals surface area (Å²) >= 11 is 1.57. The topological polar surface area (TPSA) is 33.2 Å². The number of alkyl halides is 3. The van der Waals surface area contributed by atoms with E-state index >= 15 is 0 Å². The molecule has 0 radical (unpaired) electrons. The maximum atomic E-state index is 12.6. The van der Waals surface area contributed by atoms with Crippen LogP contribution in [0.15, 0.2) is 35.8 Å². The molecule has 1 aliphatic rings. The zero-order chi connectivity index (χ0) is 16.4. The number of rotatable bonds is 2. The standard InChI is InChI=1S/C16H15F3N2OS/c17-16(18,19)13-5-3-11(4-6-13)15(22)21-8-1-2-12(10-21)14-20-7-9-23-14/h3-7,9,12H,1-2,8,10H2/t12-/m1/s1. The van der Waals surface area contributed by atoms with Crippen LogP contribution in [-0.4, -0.2) is 28.9 Å². The summed E-state index contributed by atoms with van der Waals surface area (Å²) in [5.74, 6) is -0.0119. The van der Waals surface area contributed by atoms with Gasteiger partial charge in [0, 0.05) is 36.1 Å². The van der Waals surface area contributed by atoms with E-state index in [0.29, 0.717) is 13.1 Å². The smallest absolute Gasteiger partial charge is 0.338 e. The summed E-state index contributed by atoms with van der Waals surface area (Å²) in [6.07, 6.45) is -0.791. The van der Waals surface area contributed by atoms with Crippen LogP contribution in [0.2, 0.25) is 0 Å². The molecule has 2 aromatic rings. The molecule has 2 heterocycles. The highest BCUT2D eigenvalue weighted by molar-refractivity contribution is 7.09. The van der Waals surface area contributed by atoms with Crippen molar-refractivity contribution < 1.29 is 18.0 Å². The number of carbonyl (C=O) groups excluding carboxylic acids is 1. The van der Waals surface area contributed by atoms with Crippen LogP contribution in [0.3, 0.4) is 0 Å². The van der Waals surface area contributed by atoms with Gasteiger partial charge in [0.15, 0.2) is 0 Å². The van der Waals surface area contributed by atoms with Crippen LogP contribution in [0, 0.1) is 0 Å². The molecule has 1 fully saturated rings. The number of amides is 1. The lowest BCUT2D eigenvalue weighted by Crippen LogP contribution is -2.39. The molecule has 0 bridgehead atoms. The van der Waals surface area contributed by atoms with Crippen LogP contribution in [0.5, 0.6) is 0 Å². The number of nitrogens with zero attached hydrogens (tertiary/aromatic N) is 2. The van der Waals surface area contributed by atoms with E-state index in [-0.39, 0.29) is 17.4 Å². The Balaban J connectivity index is 1.72. The molecule has 1 aromatic carbocycles. The van der Waals surface area contributed by atoms with Gasteiger partial charge in [-0.2, -0.15) is 13.2 Å². The summed E-state index contributed by atoms with van der Waals surface area (Å²) in [6.45, 7) is 1.19. The van der Waals surface area contributed by atoms with Crippen LogP contribution < -0.4 is 0 Å². The number of piperidine rings is 1.